The van der Waals surface area contributed by atoms with Gasteiger partial charge in [0.15, 0.2) is 0 Å². The molecule has 2 aliphatic carbocycles. The zero-order valence-corrected chi connectivity index (χ0v) is 18.6. The molecular formula is C25H50N2. The zero-order chi connectivity index (χ0) is 19.5. The Morgan fingerprint density at radius 1 is 0.593 bits per heavy atom. The lowest BCUT2D eigenvalue weighted by Crippen LogP contribution is -2.39. The maximum atomic E-state index is 6.49. The van der Waals surface area contributed by atoms with Crippen LogP contribution in [0.5, 0.6) is 0 Å². The number of unbranched alkanes of at least 4 members (excludes halogenated alkanes) is 6. The Morgan fingerprint density at radius 3 is 1.44 bits per heavy atom. The van der Waals surface area contributed by atoms with E-state index in [0.717, 1.165) is 23.7 Å². The molecule has 0 heterocycles. The molecule has 2 aliphatic rings. The van der Waals surface area contributed by atoms with E-state index in [9.17, 15) is 0 Å². The maximum absolute atomic E-state index is 6.49. The lowest BCUT2D eigenvalue weighted by molar-refractivity contribution is 0.148. The minimum absolute atomic E-state index is 0.481. The van der Waals surface area contributed by atoms with Crippen molar-refractivity contribution in [2.24, 2.45) is 35.1 Å². The van der Waals surface area contributed by atoms with Crippen molar-refractivity contribution in [2.75, 3.05) is 0 Å². The van der Waals surface area contributed by atoms with E-state index in [1.807, 2.05) is 0 Å². The van der Waals surface area contributed by atoms with Crippen LogP contribution in [-0.4, -0.2) is 12.1 Å². The van der Waals surface area contributed by atoms with Crippen LogP contribution in [0.1, 0.15) is 123 Å². The van der Waals surface area contributed by atoms with Gasteiger partial charge in [-0.2, -0.15) is 0 Å². The number of hydrogen-bond acceptors (Lipinski definition) is 2. The largest absolute Gasteiger partial charge is 0.327 e. The molecule has 2 nitrogen and oxygen atoms in total. The van der Waals surface area contributed by atoms with Crippen molar-refractivity contribution in [1.82, 2.24) is 0 Å². The molecule has 2 saturated carbocycles. The van der Waals surface area contributed by atoms with Crippen LogP contribution in [0, 0.1) is 23.7 Å². The monoisotopic (exact) mass is 378 g/mol. The molecule has 2 fully saturated rings. The Hall–Kier alpha value is -0.0800. The summed E-state index contributed by atoms with van der Waals surface area (Å²) in [7, 11) is 0. The summed E-state index contributed by atoms with van der Waals surface area (Å²) in [5.41, 5.74) is 13.0. The summed E-state index contributed by atoms with van der Waals surface area (Å²) in [5.74, 6) is 3.50. The summed E-state index contributed by atoms with van der Waals surface area (Å²) in [6, 6.07) is 0.961. The fourth-order valence-electron chi connectivity index (χ4n) is 6.00. The van der Waals surface area contributed by atoms with E-state index in [2.05, 4.69) is 13.8 Å². The van der Waals surface area contributed by atoms with Crippen LogP contribution in [0.25, 0.3) is 0 Å². The number of hydrogen-bond donors (Lipinski definition) is 2. The van der Waals surface area contributed by atoms with Gasteiger partial charge in [-0.05, 0) is 81.5 Å². The van der Waals surface area contributed by atoms with Gasteiger partial charge in [0, 0.05) is 12.1 Å². The third kappa shape index (κ3) is 8.44. The lowest BCUT2D eigenvalue weighted by Gasteiger charge is -2.39. The standard InChI is InChI=1S/C25H50N2/c1-3-5-7-9-11-22-18-20(13-15-24(22)26)17-21-14-16-25(27)23(19-21)12-10-8-6-4-2/h20-25H,3-19,26-27H2,1-2H3. The molecule has 2 rings (SSSR count). The molecule has 0 radical (unpaired) electrons. The molecule has 4 N–H and O–H groups in total. The van der Waals surface area contributed by atoms with Gasteiger partial charge in [-0.25, -0.2) is 0 Å². The predicted molar refractivity (Wildman–Crippen MR) is 120 cm³/mol. The topological polar surface area (TPSA) is 52.0 Å². The van der Waals surface area contributed by atoms with Gasteiger partial charge in [0.25, 0.3) is 0 Å². The van der Waals surface area contributed by atoms with Gasteiger partial charge in [0.1, 0.15) is 0 Å². The number of rotatable bonds is 12. The van der Waals surface area contributed by atoms with Crippen molar-refractivity contribution >= 4 is 0 Å². The fourth-order valence-corrected chi connectivity index (χ4v) is 6.00. The normalized spacial score (nSPS) is 34.7. The van der Waals surface area contributed by atoms with E-state index < -0.39 is 0 Å². The first-order valence-corrected chi connectivity index (χ1v) is 12.6. The van der Waals surface area contributed by atoms with Gasteiger partial charge in [-0.3, -0.25) is 0 Å². The zero-order valence-electron chi connectivity index (χ0n) is 18.6. The molecule has 0 spiro atoms. The Bertz CT molecular complexity index is 335. The van der Waals surface area contributed by atoms with Gasteiger partial charge >= 0.3 is 0 Å². The first-order valence-electron chi connectivity index (χ1n) is 12.6. The Labute approximate surface area is 170 Å². The molecular weight excluding hydrogens is 328 g/mol. The summed E-state index contributed by atoms with van der Waals surface area (Å²) >= 11 is 0. The van der Waals surface area contributed by atoms with Crippen molar-refractivity contribution in [3.63, 3.8) is 0 Å². The molecule has 160 valence electrons. The van der Waals surface area contributed by atoms with Gasteiger partial charge in [0.2, 0.25) is 0 Å². The van der Waals surface area contributed by atoms with Crippen LogP contribution in [0.15, 0.2) is 0 Å². The Morgan fingerprint density at radius 2 is 1.04 bits per heavy atom. The van der Waals surface area contributed by atoms with Gasteiger partial charge < -0.3 is 11.5 Å². The van der Waals surface area contributed by atoms with Crippen LogP contribution < -0.4 is 11.5 Å². The molecule has 6 unspecified atom stereocenters. The molecule has 0 aromatic carbocycles. The smallest absolute Gasteiger partial charge is 0.00673 e. The minimum Gasteiger partial charge on any atom is -0.327 e. The molecule has 27 heavy (non-hydrogen) atoms. The average Bonchev–Trinajstić information content (AvgIpc) is 2.67. The molecule has 0 aliphatic heterocycles. The Kier molecular flexibility index (Phi) is 11.3. The van der Waals surface area contributed by atoms with E-state index in [-0.39, 0.29) is 0 Å². The second-order valence-corrected chi connectivity index (χ2v) is 10.1. The summed E-state index contributed by atoms with van der Waals surface area (Å²) in [4.78, 5) is 0. The van der Waals surface area contributed by atoms with E-state index in [1.165, 1.54) is 109 Å². The first-order chi connectivity index (χ1) is 13.1. The predicted octanol–water partition coefficient (Wildman–Crippen LogP) is 6.80. The third-order valence-corrected chi connectivity index (χ3v) is 7.82. The summed E-state index contributed by atoms with van der Waals surface area (Å²) in [6.45, 7) is 4.60. The van der Waals surface area contributed by atoms with Crippen molar-refractivity contribution in [1.29, 1.82) is 0 Å². The minimum atomic E-state index is 0.481. The molecule has 6 atom stereocenters. The van der Waals surface area contributed by atoms with Crippen molar-refractivity contribution in [3.05, 3.63) is 0 Å². The maximum Gasteiger partial charge on any atom is 0.00673 e. The van der Waals surface area contributed by atoms with Gasteiger partial charge in [0.05, 0.1) is 0 Å². The van der Waals surface area contributed by atoms with Gasteiger partial charge in [-0.1, -0.05) is 65.2 Å². The van der Waals surface area contributed by atoms with Crippen LogP contribution in [0.3, 0.4) is 0 Å². The van der Waals surface area contributed by atoms with Crippen LogP contribution in [0.2, 0.25) is 0 Å². The Balaban J connectivity index is 1.72. The van der Waals surface area contributed by atoms with Crippen molar-refractivity contribution in [2.45, 2.75) is 135 Å². The fraction of sp³-hybridized carbons (Fsp3) is 1.00. The highest BCUT2D eigenvalue weighted by Gasteiger charge is 2.32. The highest BCUT2D eigenvalue weighted by Crippen LogP contribution is 2.40. The van der Waals surface area contributed by atoms with E-state index in [1.54, 1.807) is 0 Å². The van der Waals surface area contributed by atoms with Crippen LogP contribution >= 0.6 is 0 Å². The van der Waals surface area contributed by atoms with E-state index >= 15 is 0 Å². The molecule has 0 saturated heterocycles. The van der Waals surface area contributed by atoms with E-state index in [4.69, 9.17) is 11.5 Å². The van der Waals surface area contributed by atoms with Gasteiger partial charge in [-0.15, -0.1) is 0 Å². The van der Waals surface area contributed by atoms with Crippen LogP contribution in [0.4, 0.5) is 0 Å². The molecule has 0 bridgehead atoms. The van der Waals surface area contributed by atoms with E-state index in [0.29, 0.717) is 12.1 Å². The summed E-state index contributed by atoms with van der Waals surface area (Å²) in [6.07, 6.45) is 23.5. The molecule has 0 aromatic rings. The first kappa shape index (κ1) is 23.2. The van der Waals surface area contributed by atoms with Crippen LogP contribution in [-0.2, 0) is 0 Å². The number of nitrogens with two attached hydrogens (primary N) is 2. The van der Waals surface area contributed by atoms with Crippen molar-refractivity contribution < 1.29 is 0 Å². The lowest BCUT2D eigenvalue weighted by atomic mass is 9.69. The second-order valence-electron chi connectivity index (χ2n) is 10.1. The summed E-state index contributed by atoms with van der Waals surface area (Å²) < 4.78 is 0. The highest BCUT2D eigenvalue weighted by atomic mass is 14.7. The quantitative estimate of drug-likeness (QED) is 0.367. The van der Waals surface area contributed by atoms with Crippen molar-refractivity contribution in [3.8, 4) is 0 Å². The SMILES string of the molecule is CCCCCCC1CC(CC2CCC(N)C(CCCCCC)C2)CCC1N. The highest BCUT2D eigenvalue weighted by molar-refractivity contribution is 4.87. The molecule has 2 heteroatoms. The molecule has 0 aromatic heterocycles. The molecule has 0 amide bonds. The summed E-state index contributed by atoms with van der Waals surface area (Å²) in [5, 5.41) is 0. The average molecular weight is 379 g/mol. The third-order valence-electron chi connectivity index (χ3n) is 7.82. The second kappa shape index (κ2) is 13.2.